The molecule has 1 saturated carbocycles. The lowest BCUT2D eigenvalue weighted by Gasteiger charge is -2.46. The van der Waals surface area contributed by atoms with Gasteiger partial charge >= 0.3 is 0 Å². The maximum Gasteiger partial charge on any atom is 0.163 e. The molecule has 14 heavy (non-hydrogen) atoms. The molecule has 3 nitrogen and oxygen atoms in total. The summed E-state index contributed by atoms with van der Waals surface area (Å²) in [4.78, 5) is 0. The van der Waals surface area contributed by atoms with Gasteiger partial charge in [0.25, 0.3) is 0 Å². The molecule has 0 spiro atoms. The quantitative estimate of drug-likeness (QED) is 0.640. The van der Waals surface area contributed by atoms with Crippen molar-refractivity contribution >= 4 is 0 Å². The Morgan fingerprint density at radius 3 is 2.07 bits per heavy atom. The van der Waals surface area contributed by atoms with E-state index in [1.807, 2.05) is 13.8 Å². The molecule has 1 rings (SSSR count). The lowest BCUT2D eigenvalue weighted by atomic mass is 9.66. The molecular formula is C11H23NO2. The predicted molar refractivity (Wildman–Crippen MR) is 57.0 cm³/mol. The van der Waals surface area contributed by atoms with Gasteiger partial charge in [-0.05, 0) is 39.7 Å². The second-order valence-corrected chi connectivity index (χ2v) is 4.00. The Labute approximate surface area is 86.9 Å². The molecule has 0 radical (unpaired) electrons. The minimum Gasteiger partial charge on any atom is -0.352 e. The van der Waals surface area contributed by atoms with Crippen molar-refractivity contribution in [1.82, 2.24) is 0 Å². The molecule has 1 aliphatic rings. The first kappa shape index (κ1) is 12.0. The Hall–Kier alpha value is -0.120. The van der Waals surface area contributed by atoms with Crippen LogP contribution in [-0.2, 0) is 9.47 Å². The molecule has 0 saturated heterocycles. The van der Waals surface area contributed by atoms with Gasteiger partial charge in [-0.3, -0.25) is 0 Å². The van der Waals surface area contributed by atoms with E-state index in [9.17, 15) is 0 Å². The van der Waals surface area contributed by atoms with E-state index in [4.69, 9.17) is 15.2 Å². The third-order valence-electron chi connectivity index (χ3n) is 3.13. The zero-order chi connectivity index (χ0) is 10.4. The first-order chi connectivity index (χ1) is 6.79. The van der Waals surface area contributed by atoms with Crippen molar-refractivity contribution in [3.05, 3.63) is 0 Å². The van der Waals surface area contributed by atoms with Crippen LogP contribution in [0, 0.1) is 5.41 Å². The SMILES string of the molecule is CCOC(OCC)C1(CCN)CCC1. The highest BCUT2D eigenvalue weighted by Gasteiger charge is 2.44. The fraction of sp³-hybridized carbons (Fsp3) is 1.00. The minimum absolute atomic E-state index is 0.0326. The summed E-state index contributed by atoms with van der Waals surface area (Å²) in [5, 5.41) is 0. The highest BCUT2D eigenvalue weighted by atomic mass is 16.7. The molecule has 1 fully saturated rings. The van der Waals surface area contributed by atoms with Crippen molar-refractivity contribution < 1.29 is 9.47 Å². The van der Waals surface area contributed by atoms with Crippen LogP contribution in [0.5, 0.6) is 0 Å². The average molecular weight is 201 g/mol. The average Bonchev–Trinajstić information content (AvgIpc) is 2.11. The number of hydrogen-bond donors (Lipinski definition) is 1. The van der Waals surface area contributed by atoms with Gasteiger partial charge in [-0.25, -0.2) is 0 Å². The highest BCUT2D eigenvalue weighted by Crippen LogP contribution is 2.48. The molecule has 0 atom stereocenters. The van der Waals surface area contributed by atoms with Gasteiger partial charge in [0, 0.05) is 18.6 Å². The molecule has 0 unspecified atom stereocenters. The predicted octanol–water partition coefficient (Wildman–Crippen LogP) is 1.90. The molecule has 0 heterocycles. The monoisotopic (exact) mass is 201 g/mol. The first-order valence-electron chi connectivity index (χ1n) is 5.72. The third-order valence-corrected chi connectivity index (χ3v) is 3.13. The summed E-state index contributed by atoms with van der Waals surface area (Å²) in [6.45, 7) is 6.20. The summed E-state index contributed by atoms with van der Waals surface area (Å²) >= 11 is 0. The topological polar surface area (TPSA) is 44.5 Å². The molecule has 0 aromatic carbocycles. The fourth-order valence-electron chi connectivity index (χ4n) is 2.23. The second-order valence-electron chi connectivity index (χ2n) is 4.00. The number of hydrogen-bond acceptors (Lipinski definition) is 3. The first-order valence-corrected chi connectivity index (χ1v) is 5.72. The minimum atomic E-state index is -0.0326. The van der Waals surface area contributed by atoms with E-state index in [2.05, 4.69) is 0 Å². The van der Waals surface area contributed by atoms with Gasteiger partial charge in [0.2, 0.25) is 0 Å². The van der Waals surface area contributed by atoms with Crippen LogP contribution in [0.2, 0.25) is 0 Å². The van der Waals surface area contributed by atoms with Crippen molar-refractivity contribution in [3.8, 4) is 0 Å². The molecule has 0 amide bonds. The molecule has 84 valence electrons. The van der Waals surface area contributed by atoms with E-state index in [1.165, 1.54) is 19.3 Å². The molecule has 3 heteroatoms. The van der Waals surface area contributed by atoms with Crippen molar-refractivity contribution in [3.63, 3.8) is 0 Å². The standard InChI is InChI=1S/C11H23NO2/c1-3-13-10(14-4-2)11(8-9-12)6-5-7-11/h10H,3-9,12H2,1-2H3. The van der Waals surface area contributed by atoms with Gasteiger partial charge in [-0.1, -0.05) is 6.42 Å². The molecule has 0 aliphatic heterocycles. The Bertz CT molecular complexity index is 151. The molecule has 0 bridgehead atoms. The van der Waals surface area contributed by atoms with Crippen LogP contribution < -0.4 is 5.73 Å². The van der Waals surface area contributed by atoms with Gasteiger partial charge in [0.15, 0.2) is 6.29 Å². The van der Waals surface area contributed by atoms with E-state index in [-0.39, 0.29) is 11.7 Å². The van der Waals surface area contributed by atoms with Crippen LogP contribution in [-0.4, -0.2) is 26.0 Å². The van der Waals surface area contributed by atoms with E-state index in [0.717, 1.165) is 26.2 Å². The molecular weight excluding hydrogens is 178 g/mol. The van der Waals surface area contributed by atoms with E-state index >= 15 is 0 Å². The fourth-order valence-corrected chi connectivity index (χ4v) is 2.23. The number of nitrogens with two attached hydrogens (primary N) is 1. The van der Waals surface area contributed by atoms with Gasteiger partial charge < -0.3 is 15.2 Å². The van der Waals surface area contributed by atoms with Crippen LogP contribution in [0.1, 0.15) is 39.5 Å². The summed E-state index contributed by atoms with van der Waals surface area (Å²) in [6.07, 6.45) is 4.69. The van der Waals surface area contributed by atoms with Crippen LogP contribution >= 0.6 is 0 Å². The lowest BCUT2D eigenvalue weighted by molar-refractivity contribution is -0.227. The van der Waals surface area contributed by atoms with Crippen molar-refractivity contribution in [2.24, 2.45) is 11.1 Å². The largest absolute Gasteiger partial charge is 0.352 e. The van der Waals surface area contributed by atoms with Crippen molar-refractivity contribution in [1.29, 1.82) is 0 Å². The molecule has 2 N–H and O–H groups in total. The molecule has 0 aromatic heterocycles. The van der Waals surface area contributed by atoms with Gasteiger partial charge in [-0.2, -0.15) is 0 Å². The van der Waals surface area contributed by atoms with Crippen molar-refractivity contribution in [2.45, 2.75) is 45.8 Å². The van der Waals surface area contributed by atoms with Crippen molar-refractivity contribution in [2.75, 3.05) is 19.8 Å². The summed E-state index contributed by atoms with van der Waals surface area (Å²) < 4.78 is 11.3. The third kappa shape index (κ3) is 2.47. The number of ether oxygens (including phenoxy) is 2. The molecule has 0 aromatic rings. The Balaban J connectivity index is 2.52. The zero-order valence-electron chi connectivity index (χ0n) is 9.42. The van der Waals surface area contributed by atoms with Crippen LogP contribution in [0.3, 0.4) is 0 Å². The summed E-state index contributed by atoms with van der Waals surface area (Å²) in [6, 6.07) is 0. The maximum absolute atomic E-state index is 5.66. The Kier molecular flexibility index (Phi) is 4.85. The van der Waals surface area contributed by atoms with Crippen LogP contribution in [0.4, 0.5) is 0 Å². The summed E-state index contributed by atoms with van der Waals surface area (Å²) in [5.41, 5.74) is 5.87. The summed E-state index contributed by atoms with van der Waals surface area (Å²) in [7, 11) is 0. The Morgan fingerprint density at radius 1 is 1.21 bits per heavy atom. The normalized spacial score (nSPS) is 19.7. The second kappa shape index (κ2) is 5.69. The maximum atomic E-state index is 5.66. The Morgan fingerprint density at radius 2 is 1.79 bits per heavy atom. The van der Waals surface area contributed by atoms with Gasteiger partial charge in [0.05, 0.1) is 0 Å². The lowest BCUT2D eigenvalue weighted by Crippen LogP contribution is -2.45. The van der Waals surface area contributed by atoms with Gasteiger partial charge in [0.1, 0.15) is 0 Å². The molecule has 1 aliphatic carbocycles. The van der Waals surface area contributed by atoms with Gasteiger partial charge in [-0.15, -0.1) is 0 Å². The van der Waals surface area contributed by atoms with E-state index in [0.29, 0.717) is 0 Å². The van der Waals surface area contributed by atoms with E-state index < -0.39 is 0 Å². The summed E-state index contributed by atoms with van der Waals surface area (Å²) in [5.74, 6) is 0. The number of rotatable bonds is 7. The highest BCUT2D eigenvalue weighted by molar-refractivity contribution is 4.91. The van der Waals surface area contributed by atoms with Crippen LogP contribution in [0.15, 0.2) is 0 Å². The van der Waals surface area contributed by atoms with Crippen LogP contribution in [0.25, 0.3) is 0 Å². The van der Waals surface area contributed by atoms with E-state index in [1.54, 1.807) is 0 Å². The smallest absolute Gasteiger partial charge is 0.163 e. The zero-order valence-corrected chi connectivity index (χ0v) is 9.42.